The number of rotatable bonds is 5. The van der Waals surface area contributed by atoms with Crippen LogP contribution in [0.1, 0.15) is 37.4 Å². The summed E-state index contributed by atoms with van der Waals surface area (Å²) < 4.78 is 2.66. The van der Waals surface area contributed by atoms with Crippen molar-refractivity contribution in [3.8, 4) is 0 Å². The molecule has 0 bridgehead atoms. The van der Waals surface area contributed by atoms with Gasteiger partial charge in [-0.15, -0.1) is 13.2 Å². The van der Waals surface area contributed by atoms with Crippen molar-refractivity contribution >= 4 is 11.2 Å². The lowest BCUT2D eigenvalue weighted by atomic mass is 10.1. The Bertz CT molecular complexity index is 834. The molecular weight excluding hydrogens is 280 g/mol. The van der Waals surface area contributed by atoms with Gasteiger partial charge in [-0.1, -0.05) is 25.0 Å². The Kier molecular flexibility index (Phi) is 3.83. The van der Waals surface area contributed by atoms with Gasteiger partial charge in [0.05, 0.1) is 0 Å². The number of nitrogens with zero attached hydrogens (tertiary/aromatic N) is 3. The highest BCUT2D eigenvalue weighted by Crippen LogP contribution is 2.32. The van der Waals surface area contributed by atoms with Crippen molar-refractivity contribution in [2.75, 3.05) is 0 Å². The Balaban J connectivity index is 2.28. The predicted molar refractivity (Wildman–Crippen MR) is 86.2 cm³/mol. The minimum Gasteiger partial charge on any atom is -0.336 e. The SMILES string of the molecule is C=CCn1c(=O)c2[nH]c(C3CCCC3)nc2n(CC=C)c1=O. The maximum atomic E-state index is 12.5. The third-order valence-corrected chi connectivity index (χ3v) is 4.24. The summed E-state index contributed by atoms with van der Waals surface area (Å²) in [6, 6.07) is 0. The average molecular weight is 300 g/mol. The fourth-order valence-electron chi connectivity index (χ4n) is 3.16. The molecule has 2 aromatic heterocycles. The third kappa shape index (κ3) is 2.24. The van der Waals surface area contributed by atoms with Gasteiger partial charge in [-0.2, -0.15) is 0 Å². The summed E-state index contributed by atoms with van der Waals surface area (Å²) in [6.45, 7) is 7.79. The lowest BCUT2D eigenvalue weighted by Gasteiger charge is -2.07. The van der Waals surface area contributed by atoms with E-state index in [9.17, 15) is 9.59 Å². The average Bonchev–Trinajstić information content (AvgIpc) is 3.16. The number of H-pyrrole nitrogens is 1. The first-order chi connectivity index (χ1) is 10.7. The van der Waals surface area contributed by atoms with Gasteiger partial charge in [0.2, 0.25) is 0 Å². The molecule has 1 N–H and O–H groups in total. The normalized spacial score (nSPS) is 15.5. The molecule has 0 unspecified atom stereocenters. The fourth-order valence-corrected chi connectivity index (χ4v) is 3.16. The van der Waals surface area contributed by atoms with Crippen LogP contribution in [0.4, 0.5) is 0 Å². The van der Waals surface area contributed by atoms with Gasteiger partial charge in [0.15, 0.2) is 5.65 Å². The summed E-state index contributed by atoms with van der Waals surface area (Å²) in [5.41, 5.74) is 0.112. The van der Waals surface area contributed by atoms with Crippen LogP contribution in [-0.2, 0) is 13.1 Å². The van der Waals surface area contributed by atoms with Crippen LogP contribution in [0.3, 0.4) is 0 Å². The van der Waals surface area contributed by atoms with Gasteiger partial charge in [-0.05, 0) is 12.8 Å². The van der Waals surface area contributed by atoms with E-state index < -0.39 is 0 Å². The molecule has 6 nitrogen and oxygen atoms in total. The number of aromatic amines is 1. The van der Waals surface area contributed by atoms with Crippen molar-refractivity contribution in [1.82, 2.24) is 19.1 Å². The molecule has 1 aliphatic carbocycles. The highest BCUT2D eigenvalue weighted by molar-refractivity contribution is 5.70. The van der Waals surface area contributed by atoms with E-state index in [1.807, 2.05) is 0 Å². The van der Waals surface area contributed by atoms with E-state index in [1.54, 1.807) is 12.2 Å². The van der Waals surface area contributed by atoms with Crippen LogP contribution in [0.25, 0.3) is 11.2 Å². The molecule has 0 atom stereocenters. The zero-order valence-electron chi connectivity index (χ0n) is 12.5. The predicted octanol–water partition coefficient (Wildman–Crippen LogP) is 1.92. The first kappa shape index (κ1) is 14.6. The van der Waals surface area contributed by atoms with Crippen molar-refractivity contribution in [2.45, 2.75) is 44.7 Å². The lowest BCUT2D eigenvalue weighted by Crippen LogP contribution is -2.39. The Hall–Kier alpha value is -2.37. The summed E-state index contributed by atoms with van der Waals surface area (Å²) in [5.74, 6) is 1.17. The molecule has 0 aromatic carbocycles. The minimum absolute atomic E-state index is 0.183. The summed E-state index contributed by atoms with van der Waals surface area (Å²) in [4.78, 5) is 32.7. The number of fused-ring (bicyclic) bond motifs is 1. The monoisotopic (exact) mass is 300 g/mol. The highest BCUT2D eigenvalue weighted by Gasteiger charge is 2.23. The molecule has 0 radical (unpaired) electrons. The van der Waals surface area contributed by atoms with Crippen LogP contribution in [0.15, 0.2) is 34.9 Å². The van der Waals surface area contributed by atoms with Crippen LogP contribution in [-0.4, -0.2) is 19.1 Å². The zero-order chi connectivity index (χ0) is 15.7. The topological polar surface area (TPSA) is 72.7 Å². The number of allylic oxidation sites excluding steroid dienone is 2. The van der Waals surface area contributed by atoms with E-state index in [0.717, 1.165) is 18.7 Å². The smallest absolute Gasteiger partial charge is 0.333 e. The number of hydrogen-bond acceptors (Lipinski definition) is 3. The number of imidazole rings is 1. The fraction of sp³-hybridized carbons (Fsp3) is 0.438. The summed E-state index contributed by atoms with van der Waals surface area (Å²) in [5, 5.41) is 0. The molecule has 6 heteroatoms. The molecule has 0 spiro atoms. The third-order valence-electron chi connectivity index (χ3n) is 4.24. The molecule has 2 heterocycles. The molecule has 2 aromatic rings. The zero-order valence-corrected chi connectivity index (χ0v) is 12.5. The van der Waals surface area contributed by atoms with Gasteiger partial charge in [-0.25, -0.2) is 9.78 Å². The summed E-state index contributed by atoms with van der Waals surface area (Å²) in [6.07, 6.45) is 7.69. The standard InChI is InChI=1S/C16H20N4O2/c1-3-9-19-14-12(15(21)20(10-4-2)16(19)22)17-13(18-14)11-7-5-6-8-11/h3-4,11H,1-2,5-10H2,(H,17,18). The van der Waals surface area contributed by atoms with Crippen LogP contribution < -0.4 is 11.2 Å². The van der Waals surface area contributed by atoms with Crippen molar-refractivity contribution in [2.24, 2.45) is 0 Å². The van der Waals surface area contributed by atoms with Gasteiger partial charge in [0, 0.05) is 19.0 Å². The molecule has 0 amide bonds. The Morgan fingerprint density at radius 1 is 1.14 bits per heavy atom. The largest absolute Gasteiger partial charge is 0.336 e. The van der Waals surface area contributed by atoms with E-state index in [4.69, 9.17) is 0 Å². The van der Waals surface area contributed by atoms with Gasteiger partial charge >= 0.3 is 5.69 Å². The summed E-state index contributed by atoms with van der Waals surface area (Å²) in [7, 11) is 0. The van der Waals surface area contributed by atoms with Crippen LogP contribution in [0.5, 0.6) is 0 Å². The van der Waals surface area contributed by atoms with Crippen LogP contribution >= 0.6 is 0 Å². The second kappa shape index (κ2) is 5.79. The van der Waals surface area contributed by atoms with Crippen molar-refractivity contribution < 1.29 is 0 Å². The number of aromatic nitrogens is 4. The first-order valence-electron chi connectivity index (χ1n) is 7.62. The van der Waals surface area contributed by atoms with E-state index in [-0.39, 0.29) is 17.8 Å². The quantitative estimate of drug-likeness (QED) is 0.857. The lowest BCUT2D eigenvalue weighted by molar-refractivity contribution is 0.644. The van der Waals surface area contributed by atoms with Gasteiger partial charge in [0.25, 0.3) is 5.56 Å². The number of nitrogens with one attached hydrogen (secondary N) is 1. The van der Waals surface area contributed by atoms with Crippen molar-refractivity contribution in [3.63, 3.8) is 0 Å². The Labute approximate surface area is 127 Å². The van der Waals surface area contributed by atoms with Gasteiger partial charge < -0.3 is 4.98 Å². The molecule has 1 fully saturated rings. The molecule has 0 aliphatic heterocycles. The maximum absolute atomic E-state index is 12.5. The Morgan fingerprint density at radius 2 is 1.77 bits per heavy atom. The molecule has 3 rings (SSSR count). The van der Waals surface area contributed by atoms with E-state index in [2.05, 4.69) is 23.1 Å². The number of hydrogen-bond donors (Lipinski definition) is 1. The van der Waals surface area contributed by atoms with Crippen molar-refractivity contribution in [1.29, 1.82) is 0 Å². The maximum Gasteiger partial charge on any atom is 0.333 e. The van der Waals surface area contributed by atoms with E-state index >= 15 is 0 Å². The minimum atomic E-state index is -0.373. The van der Waals surface area contributed by atoms with Crippen molar-refractivity contribution in [3.05, 3.63) is 52.0 Å². The van der Waals surface area contributed by atoms with Gasteiger partial charge in [0.1, 0.15) is 11.3 Å². The second-order valence-electron chi connectivity index (χ2n) is 5.69. The molecule has 1 saturated carbocycles. The second-order valence-corrected chi connectivity index (χ2v) is 5.69. The molecular formula is C16H20N4O2. The van der Waals surface area contributed by atoms with Crippen LogP contribution in [0, 0.1) is 0 Å². The van der Waals surface area contributed by atoms with Gasteiger partial charge in [-0.3, -0.25) is 13.9 Å². The molecule has 1 aliphatic rings. The first-order valence-corrected chi connectivity index (χ1v) is 7.62. The molecule has 0 saturated heterocycles. The summed E-state index contributed by atoms with van der Waals surface area (Å²) >= 11 is 0. The van der Waals surface area contributed by atoms with E-state index in [1.165, 1.54) is 22.0 Å². The highest BCUT2D eigenvalue weighted by atomic mass is 16.2. The Morgan fingerprint density at radius 3 is 2.41 bits per heavy atom. The molecule has 116 valence electrons. The van der Waals surface area contributed by atoms with Crippen LogP contribution in [0.2, 0.25) is 0 Å². The van der Waals surface area contributed by atoms with E-state index in [0.29, 0.717) is 23.6 Å². The molecule has 22 heavy (non-hydrogen) atoms.